The number of nitrogens with zero attached hydrogens (tertiary/aromatic N) is 1. The van der Waals surface area contributed by atoms with Gasteiger partial charge in [-0.3, -0.25) is 9.59 Å². The first kappa shape index (κ1) is 19.2. The predicted molar refractivity (Wildman–Crippen MR) is 108 cm³/mol. The van der Waals surface area contributed by atoms with Gasteiger partial charge in [0.25, 0.3) is 5.91 Å². The lowest BCUT2D eigenvalue weighted by molar-refractivity contribution is -0.117. The molecule has 1 N–H and O–H groups in total. The average molecular weight is 387 g/mol. The number of nitrogens with one attached hydrogen (secondary N) is 1. The van der Waals surface area contributed by atoms with E-state index in [4.69, 9.17) is 16.3 Å². The first-order valence-electron chi connectivity index (χ1n) is 9.22. The summed E-state index contributed by atoms with van der Waals surface area (Å²) in [7, 11) is 0. The van der Waals surface area contributed by atoms with E-state index in [9.17, 15) is 9.59 Å². The third-order valence-corrected chi connectivity index (χ3v) is 4.76. The molecular formula is C21H23ClN2O3. The van der Waals surface area contributed by atoms with Crippen molar-refractivity contribution in [2.75, 3.05) is 23.4 Å². The lowest BCUT2D eigenvalue weighted by atomic mass is 10.2. The van der Waals surface area contributed by atoms with E-state index in [1.165, 1.54) is 0 Å². The smallest absolute Gasteiger partial charge is 0.255 e. The number of ether oxygens (including phenoxy) is 1. The number of halogens is 1. The summed E-state index contributed by atoms with van der Waals surface area (Å²) in [6.45, 7) is 3.46. The van der Waals surface area contributed by atoms with Gasteiger partial charge in [-0.25, -0.2) is 0 Å². The molecule has 0 radical (unpaired) electrons. The molecule has 1 aliphatic rings. The Balaban J connectivity index is 1.63. The molecule has 3 rings (SSSR count). The molecule has 0 bridgehead atoms. The van der Waals surface area contributed by atoms with E-state index in [0.29, 0.717) is 41.5 Å². The van der Waals surface area contributed by atoms with Crippen molar-refractivity contribution in [3.8, 4) is 5.75 Å². The van der Waals surface area contributed by atoms with Gasteiger partial charge in [-0.15, -0.1) is 0 Å². The van der Waals surface area contributed by atoms with Crippen LogP contribution in [0.4, 0.5) is 11.4 Å². The molecule has 2 amide bonds. The highest BCUT2D eigenvalue weighted by molar-refractivity contribution is 6.34. The summed E-state index contributed by atoms with van der Waals surface area (Å²) in [6.07, 6.45) is 3.47. The van der Waals surface area contributed by atoms with Crippen LogP contribution in [0.25, 0.3) is 0 Å². The Labute approximate surface area is 164 Å². The quantitative estimate of drug-likeness (QED) is 0.688. The second kappa shape index (κ2) is 8.91. The van der Waals surface area contributed by atoms with Crippen molar-refractivity contribution < 1.29 is 14.3 Å². The maximum Gasteiger partial charge on any atom is 0.255 e. The van der Waals surface area contributed by atoms with E-state index in [1.807, 2.05) is 0 Å². The minimum absolute atomic E-state index is 0.0786. The molecule has 0 unspecified atom stereocenters. The van der Waals surface area contributed by atoms with Gasteiger partial charge >= 0.3 is 0 Å². The van der Waals surface area contributed by atoms with Crippen LogP contribution in [0, 0.1) is 0 Å². The van der Waals surface area contributed by atoms with Gasteiger partial charge in [0.15, 0.2) is 0 Å². The van der Waals surface area contributed by atoms with Gasteiger partial charge in [0.2, 0.25) is 5.91 Å². The van der Waals surface area contributed by atoms with Crippen LogP contribution in [0.5, 0.6) is 5.75 Å². The molecular weight excluding hydrogens is 364 g/mol. The van der Waals surface area contributed by atoms with Crippen LogP contribution in [0.2, 0.25) is 5.02 Å². The van der Waals surface area contributed by atoms with Crippen LogP contribution in [0.15, 0.2) is 42.5 Å². The van der Waals surface area contributed by atoms with Crippen molar-refractivity contribution in [3.63, 3.8) is 0 Å². The number of carbonyl (C=O) groups is 2. The molecule has 6 heteroatoms. The molecule has 0 atom stereocenters. The Morgan fingerprint density at radius 1 is 1.22 bits per heavy atom. The Bertz CT molecular complexity index is 821. The number of hydrogen-bond acceptors (Lipinski definition) is 3. The highest BCUT2D eigenvalue weighted by Gasteiger charge is 2.23. The van der Waals surface area contributed by atoms with Crippen molar-refractivity contribution in [2.45, 2.75) is 32.6 Å². The zero-order valence-corrected chi connectivity index (χ0v) is 16.1. The topological polar surface area (TPSA) is 58.6 Å². The monoisotopic (exact) mass is 386 g/mol. The van der Waals surface area contributed by atoms with E-state index < -0.39 is 0 Å². The maximum absolute atomic E-state index is 12.4. The number of hydrogen-bond donors (Lipinski definition) is 1. The highest BCUT2D eigenvalue weighted by Crippen LogP contribution is 2.31. The standard InChI is InChI=1S/C21H23ClN2O3/c1-2-3-13-27-17-9-6-15(7-10-17)21(26)23-16-8-11-19(18(22)14-16)24-12-4-5-20(24)25/h6-11,14H,2-5,12-13H2,1H3,(H,23,26). The number of carbonyl (C=O) groups excluding carboxylic acids is 2. The van der Waals surface area contributed by atoms with E-state index in [-0.39, 0.29) is 11.8 Å². The lowest BCUT2D eigenvalue weighted by Gasteiger charge is -2.18. The van der Waals surface area contributed by atoms with Crippen LogP contribution in [0.1, 0.15) is 43.0 Å². The lowest BCUT2D eigenvalue weighted by Crippen LogP contribution is -2.24. The van der Waals surface area contributed by atoms with Gasteiger partial charge in [0, 0.05) is 24.2 Å². The van der Waals surface area contributed by atoms with E-state index in [1.54, 1.807) is 47.4 Å². The minimum Gasteiger partial charge on any atom is -0.494 e. The fraction of sp³-hybridized carbons (Fsp3) is 0.333. The zero-order chi connectivity index (χ0) is 19.2. The molecule has 2 aromatic rings. The molecule has 27 heavy (non-hydrogen) atoms. The van der Waals surface area contributed by atoms with Gasteiger partial charge < -0.3 is 15.0 Å². The minimum atomic E-state index is -0.226. The van der Waals surface area contributed by atoms with Crippen LogP contribution in [0.3, 0.4) is 0 Å². The van der Waals surface area contributed by atoms with Gasteiger partial charge in [0.1, 0.15) is 5.75 Å². The molecule has 1 saturated heterocycles. The Hall–Kier alpha value is -2.53. The molecule has 0 spiro atoms. The summed E-state index contributed by atoms with van der Waals surface area (Å²) in [6, 6.07) is 12.2. The summed E-state index contributed by atoms with van der Waals surface area (Å²) in [5, 5.41) is 3.28. The number of rotatable bonds is 7. The van der Waals surface area contributed by atoms with Crippen molar-refractivity contribution in [2.24, 2.45) is 0 Å². The molecule has 1 fully saturated rings. The van der Waals surface area contributed by atoms with Gasteiger partial charge in [-0.1, -0.05) is 24.9 Å². The first-order valence-corrected chi connectivity index (χ1v) is 9.60. The first-order chi connectivity index (χ1) is 13.1. The second-order valence-corrected chi connectivity index (χ2v) is 6.90. The molecule has 0 saturated carbocycles. The SMILES string of the molecule is CCCCOc1ccc(C(=O)Nc2ccc(N3CCCC3=O)c(Cl)c2)cc1. The third kappa shape index (κ3) is 4.80. The average Bonchev–Trinajstić information content (AvgIpc) is 3.08. The molecule has 0 aliphatic carbocycles. The van der Waals surface area contributed by atoms with Crippen LogP contribution >= 0.6 is 11.6 Å². The summed E-state index contributed by atoms with van der Waals surface area (Å²) in [5.74, 6) is 0.605. The second-order valence-electron chi connectivity index (χ2n) is 6.50. The van der Waals surface area contributed by atoms with Crippen molar-refractivity contribution in [3.05, 3.63) is 53.1 Å². The molecule has 2 aromatic carbocycles. The largest absolute Gasteiger partial charge is 0.494 e. The van der Waals surface area contributed by atoms with E-state index in [2.05, 4.69) is 12.2 Å². The maximum atomic E-state index is 12.4. The van der Waals surface area contributed by atoms with Crippen LogP contribution < -0.4 is 15.0 Å². The Morgan fingerprint density at radius 2 is 2.00 bits per heavy atom. The van der Waals surface area contributed by atoms with Crippen molar-refractivity contribution in [1.29, 1.82) is 0 Å². The fourth-order valence-electron chi connectivity index (χ4n) is 2.95. The number of amides is 2. The molecule has 142 valence electrons. The number of anilines is 2. The van der Waals surface area contributed by atoms with E-state index in [0.717, 1.165) is 25.0 Å². The summed E-state index contributed by atoms with van der Waals surface area (Å²) < 4.78 is 5.60. The van der Waals surface area contributed by atoms with E-state index >= 15 is 0 Å². The number of unbranched alkanes of at least 4 members (excludes halogenated alkanes) is 1. The Morgan fingerprint density at radius 3 is 2.63 bits per heavy atom. The molecule has 1 aliphatic heterocycles. The summed E-state index contributed by atoms with van der Waals surface area (Å²) in [4.78, 5) is 26.0. The van der Waals surface area contributed by atoms with Crippen LogP contribution in [-0.4, -0.2) is 25.0 Å². The van der Waals surface area contributed by atoms with Gasteiger partial charge in [0.05, 0.1) is 17.3 Å². The van der Waals surface area contributed by atoms with Crippen LogP contribution in [-0.2, 0) is 4.79 Å². The summed E-state index contributed by atoms with van der Waals surface area (Å²) >= 11 is 6.32. The predicted octanol–water partition coefficient (Wildman–Crippen LogP) is 4.90. The van der Waals surface area contributed by atoms with Gasteiger partial charge in [-0.05, 0) is 55.3 Å². The van der Waals surface area contributed by atoms with Crippen molar-refractivity contribution >= 4 is 34.8 Å². The normalized spacial score (nSPS) is 13.7. The third-order valence-electron chi connectivity index (χ3n) is 4.45. The molecule has 5 nitrogen and oxygen atoms in total. The van der Waals surface area contributed by atoms with Crippen molar-refractivity contribution in [1.82, 2.24) is 0 Å². The molecule has 0 aromatic heterocycles. The fourth-order valence-corrected chi connectivity index (χ4v) is 3.23. The molecule has 1 heterocycles. The zero-order valence-electron chi connectivity index (χ0n) is 15.3. The number of benzene rings is 2. The highest BCUT2D eigenvalue weighted by atomic mass is 35.5. The Kier molecular flexibility index (Phi) is 6.35. The summed E-state index contributed by atoms with van der Waals surface area (Å²) in [5.41, 5.74) is 1.81. The van der Waals surface area contributed by atoms with Gasteiger partial charge in [-0.2, -0.15) is 0 Å².